The Bertz CT molecular complexity index is 1360. The number of amides is 1. The van der Waals surface area contributed by atoms with E-state index < -0.39 is 6.36 Å². The summed E-state index contributed by atoms with van der Waals surface area (Å²) in [7, 11) is 1.75. The highest BCUT2D eigenvalue weighted by atomic mass is 35.5. The molecule has 3 aromatic rings. The number of fused-ring (bicyclic) bond motifs is 1. The maximum Gasteiger partial charge on any atom is 0.573 e. The summed E-state index contributed by atoms with van der Waals surface area (Å²) < 4.78 is 44.2. The fourth-order valence-electron chi connectivity index (χ4n) is 5.02. The first-order chi connectivity index (χ1) is 17.3. The van der Waals surface area contributed by atoms with Gasteiger partial charge in [0.25, 0.3) is 5.91 Å². The van der Waals surface area contributed by atoms with Gasteiger partial charge in [0.1, 0.15) is 11.5 Å². The predicted molar refractivity (Wildman–Crippen MR) is 138 cm³/mol. The number of likely N-dealkylation sites (tertiary alicyclic amines) is 1. The lowest BCUT2D eigenvalue weighted by molar-refractivity contribution is -0.274. The van der Waals surface area contributed by atoms with Gasteiger partial charge in [-0.3, -0.25) is 4.79 Å². The molecule has 1 aliphatic heterocycles. The molecule has 0 radical (unpaired) electrons. The molecule has 0 N–H and O–H groups in total. The van der Waals surface area contributed by atoms with Crippen LogP contribution >= 0.6 is 23.2 Å². The molecule has 1 amide bonds. The van der Waals surface area contributed by atoms with E-state index in [9.17, 15) is 22.8 Å². The van der Waals surface area contributed by atoms with E-state index in [1.165, 1.54) is 12.1 Å². The van der Waals surface area contributed by atoms with Gasteiger partial charge in [0.05, 0.1) is 16.1 Å². The lowest BCUT2D eigenvalue weighted by atomic mass is 9.91. The van der Waals surface area contributed by atoms with Crippen LogP contribution in [0.25, 0.3) is 10.9 Å². The minimum atomic E-state index is -4.79. The monoisotopic (exact) mass is 554 g/mol. The van der Waals surface area contributed by atoms with Gasteiger partial charge in [-0.25, -0.2) is 0 Å². The Hall–Kier alpha value is -2.71. The molecule has 37 heavy (non-hydrogen) atoms. The van der Waals surface area contributed by atoms with Crippen LogP contribution < -0.4 is 4.74 Å². The lowest BCUT2D eigenvalue weighted by Gasteiger charge is -2.32. The summed E-state index contributed by atoms with van der Waals surface area (Å²) >= 11 is 13.2. The maximum absolute atomic E-state index is 13.3. The summed E-state index contributed by atoms with van der Waals surface area (Å²) in [5.41, 5.74) is 2.88. The Balaban J connectivity index is 1.60. The first-order valence-corrected chi connectivity index (χ1v) is 12.7. The number of nitrogens with zero attached hydrogens (tertiary/aromatic N) is 2. The smallest absolute Gasteiger partial charge is 0.406 e. The molecule has 2 aromatic carbocycles. The van der Waals surface area contributed by atoms with Crippen LogP contribution in [0.2, 0.25) is 10.0 Å². The van der Waals surface area contributed by atoms with Crippen molar-refractivity contribution in [2.45, 2.75) is 45.9 Å². The average molecular weight is 555 g/mol. The average Bonchev–Trinajstić information content (AvgIpc) is 3.11. The van der Waals surface area contributed by atoms with Crippen LogP contribution in [0, 0.1) is 12.8 Å². The normalized spacial score (nSPS) is 14.9. The number of ketones is 1. The van der Waals surface area contributed by atoms with Crippen LogP contribution in [0.15, 0.2) is 30.3 Å². The Labute approximate surface area is 223 Å². The molecule has 1 aliphatic rings. The minimum absolute atomic E-state index is 0.155. The van der Waals surface area contributed by atoms with Gasteiger partial charge in [-0.05, 0) is 68.0 Å². The Morgan fingerprint density at radius 1 is 1.11 bits per heavy atom. The molecule has 198 valence electrons. The number of alkyl halides is 3. The molecule has 0 atom stereocenters. The number of hydrogen-bond acceptors (Lipinski definition) is 3. The Kier molecular flexibility index (Phi) is 7.81. The van der Waals surface area contributed by atoms with Gasteiger partial charge in [0.2, 0.25) is 0 Å². The molecular formula is C27H27Cl2F3N2O3. The van der Waals surface area contributed by atoms with Crippen LogP contribution in [0.1, 0.15) is 53.4 Å². The lowest BCUT2D eigenvalue weighted by Crippen LogP contribution is -2.39. The van der Waals surface area contributed by atoms with Crippen LogP contribution in [0.3, 0.4) is 0 Å². The Morgan fingerprint density at radius 3 is 2.41 bits per heavy atom. The number of rotatable bonds is 6. The topological polar surface area (TPSA) is 51.5 Å². The van der Waals surface area contributed by atoms with E-state index in [1.54, 1.807) is 42.5 Å². The van der Waals surface area contributed by atoms with E-state index in [-0.39, 0.29) is 34.8 Å². The number of Topliss-reactive ketones (excluding diaryl/α,β-unsaturated/α-hetero) is 1. The second-order valence-corrected chi connectivity index (χ2v) is 10.4. The van der Waals surface area contributed by atoms with E-state index in [4.69, 9.17) is 23.2 Å². The number of halogens is 5. The van der Waals surface area contributed by atoms with Crippen molar-refractivity contribution in [2.24, 2.45) is 13.0 Å². The van der Waals surface area contributed by atoms with Crippen molar-refractivity contribution >= 4 is 45.8 Å². The molecule has 10 heteroatoms. The number of hydrogen-bond donors (Lipinski definition) is 0. The summed E-state index contributed by atoms with van der Waals surface area (Å²) in [4.78, 5) is 26.5. The van der Waals surface area contributed by atoms with Gasteiger partial charge in [-0.2, -0.15) is 0 Å². The highest BCUT2D eigenvalue weighted by Crippen LogP contribution is 2.35. The SMILES string of the molecule is CC(=O)CC1CCN(C(=O)c2ccc(Cl)c(Cc3cc4c(C)cc(OC(F)(F)F)cc4n3C)c2Cl)CC1. The molecule has 1 fully saturated rings. The molecular weight excluding hydrogens is 528 g/mol. The standard InChI is InChI=1S/C27H27Cl2F3N2O3/c1-15-10-19(37-27(30,31)32)14-24-21(15)12-18(33(24)3)13-22-23(28)5-4-20(25(22)29)26(36)34-8-6-17(7-9-34)11-16(2)35/h4-5,10,12,14,17H,6-9,11,13H2,1-3H3. The first kappa shape index (κ1) is 27.3. The quantitative estimate of drug-likeness (QED) is 0.326. The van der Waals surface area contributed by atoms with Gasteiger partial charge in [-0.1, -0.05) is 23.2 Å². The van der Waals surface area contributed by atoms with Gasteiger partial charge >= 0.3 is 6.36 Å². The van der Waals surface area contributed by atoms with Gasteiger partial charge in [0, 0.05) is 55.1 Å². The molecule has 5 nitrogen and oxygen atoms in total. The van der Waals surface area contributed by atoms with E-state index in [2.05, 4.69) is 4.74 Å². The number of benzene rings is 2. The maximum atomic E-state index is 13.3. The number of piperidine rings is 1. The van der Waals surface area contributed by atoms with Crippen molar-refractivity contribution < 1.29 is 27.5 Å². The summed E-state index contributed by atoms with van der Waals surface area (Å²) in [6.07, 6.45) is -2.45. The van der Waals surface area contributed by atoms with Crippen molar-refractivity contribution in [1.29, 1.82) is 0 Å². The van der Waals surface area contributed by atoms with E-state index in [1.807, 2.05) is 6.07 Å². The number of aromatic nitrogens is 1. The highest BCUT2D eigenvalue weighted by Gasteiger charge is 2.32. The fourth-order valence-corrected chi connectivity index (χ4v) is 5.60. The Morgan fingerprint density at radius 2 is 1.78 bits per heavy atom. The number of ether oxygens (including phenoxy) is 1. The van der Waals surface area contributed by atoms with E-state index in [0.29, 0.717) is 46.7 Å². The highest BCUT2D eigenvalue weighted by molar-refractivity contribution is 6.38. The van der Waals surface area contributed by atoms with Crippen molar-refractivity contribution in [3.63, 3.8) is 0 Å². The van der Waals surface area contributed by atoms with E-state index >= 15 is 0 Å². The third-order valence-corrected chi connectivity index (χ3v) is 7.71. The van der Waals surface area contributed by atoms with Gasteiger partial charge in [-0.15, -0.1) is 13.2 Å². The molecule has 2 heterocycles. The summed E-state index contributed by atoms with van der Waals surface area (Å²) in [6, 6.07) is 7.83. The molecule has 1 aromatic heterocycles. The molecule has 0 aliphatic carbocycles. The second-order valence-electron chi connectivity index (χ2n) is 9.62. The van der Waals surface area contributed by atoms with Crippen molar-refractivity contribution in [1.82, 2.24) is 9.47 Å². The van der Waals surface area contributed by atoms with Gasteiger partial charge in [0.15, 0.2) is 0 Å². The largest absolute Gasteiger partial charge is 0.573 e. The number of aryl methyl sites for hydroxylation is 2. The molecule has 0 spiro atoms. The zero-order valence-corrected chi connectivity index (χ0v) is 22.2. The minimum Gasteiger partial charge on any atom is -0.406 e. The van der Waals surface area contributed by atoms with Crippen molar-refractivity contribution in [3.8, 4) is 5.75 Å². The van der Waals surface area contributed by atoms with Gasteiger partial charge < -0.3 is 19.0 Å². The fraction of sp³-hybridized carbons (Fsp3) is 0.407. The molecule has 1 saturated heterocycles. The molecule has 0 unspecified atom stereocenters. The molecule has 4 rings (SSSR count). The van der Waals surface area contributed by atoms with E-state index in [0.717, 1.165) is 23.9 Å². The summed E-state index contributed by atoms with van der Waals surface area (Å²) in [5, 5.41) is 1.43. The van der Waals surface area contributed by atoms with Crippen LogP contribution in [-0.2, 0) is 18.3 Å². The van der Waals surface area contributed by atoms with Crippen LogP contribution in [0.4, 0.5) is 13.2 Å². The third kappa shape index (κ3) is 6.07. The van der Waals surface area contributed by atoms with Crippen molar-refractivity contribution in [2.75, 3.05) is 13.1 Å². The van der Waals surface area contributed by atoms with Crippen molar-refractivity contribution in [3.05, 3.63) is 62.8 Å². The summed E-state index contributed by atoms with van der Waals surface area (Å²) in [6.45, 7) is 4.40. The second kappa shape index (κ2) is 10.6. The van der Waals surface area contributed by atoms with Crippen LogP contribution in [0.5, 0.6) is 5.75 Å². The van der Waals surface area contributed by atoms with Crippen LogP contribution in [-0.4, -0.2) is 40.6 Å². The molecule has 0 saturated carbocycles. The predicted octanol–water partition coefficient (Wildman–Crippen LogP) is 7.11. The third-order valence-electron chi connectivity index (χ3n) is 6.93. The molecule has 0 bridgehead atoms. The number of carbonyl (C=O) groups excluding carboxylic acids is 2. The zero-order valence-electron chi connectivity index (χ0n) is 20.7. The number of carbonyl (C=O) groups is 2. The zero-order chi connectivity index (χ0) is 27.1. The summed E-state index contributed by atoms with van der Waals surface area (Å²) in [5.74, 6) is -0.0374. The first-order valence-electron chi connectivity index (χ1n) is 11.9.